The molecule has 3 nitrogen and oxygen atoms in total. The molecule has 0 radical (unpaired) electrons. The molecule has 0 bridgehead atoms. The van der Waals surface area contributed by atoms with Gasteiger partial charge in [0.1, 0.15) is 5.01 Å². The van der Waals surface area contributed by atoms with Gasteiger partial charge in [-0.15, -0.1) is 11.3 Å². The predicted octanol–water partition coefficient (Wildman–Crippen LogP) is 2.92. The third kappa shape index (κ3) is 1.82. The molecule has 4 atom stereocenters. The van der Waals surface area contributed by atoms with Gasteiger partial charge in [-0.05, 0) is 20.3 Å². The number of thiazole rings is 1. The number of hydrogen-bond acceptors (Lipinski definition) is 4. The summed E-state index contributed by atoms with van der Waals surface area (Å²) in [5.74, 6) is 0.698. The van der Waals surface area contributed by atoms with Crippen LogP contribution in [0.4, 0.5) is 0 Å². The SMILES string of the molecule is Cc1cnc(C(C)NC2C3CCOC3C2(C)C)s1. The van der Waals surface area contributed by atoms with E-state index in [0.29, 0.717) is 24.1 Å². The van der Waals surface area contributed by atoms with E-state index in [2.05, 4.69) is 38.0 Å². The maximum Gasteiger partial charge on any atom is 0.109 e. The first-order valence-electron chi connectivity index (χ1n) is 6.80. The standard InChI is InChI=1S/C14H22N2OS/c1-8-7-15-13(18-8)9(2)16-11-10-5-6-17-12(10)14(11,3)4/h7,9-12,16H,5-6H2,1-4H3. The molecule has 1 saturated heterocycles. The van der Waals surface area contributed by atoms with Gasteiger partial charge in [0, 0.05) is 35.1 Å². The van der Waals surface area contributed by atoms with Crippen molar-refractivity contribution >= 4 is 11.3 Å². The van der Waals surface area contributed by atoms with Crippen molar-refractivity contribution in [2.75, 3.05) is 6.61 Å². The van der Waals surface area contributed by atoms with E-state index >= 15 is 0 Å². The summed E-state index contributed by atoms with van der Waals surface area (Å²) in [6.07, 6.45) is 3.63. The zero-order valence-corrected chi connectivity index (χ0v) is 12.4. The quantitative estimate of drug-likeness (QED) is 0.913. The van der Waals surface area contributed by atoms with Crippen LogP contribution in [0, 0.1) is 18.3 Å². The fourth-order valence-electron chi connectivity index (χ4n) is 3.58. The normalized spacial score (nSPS) is 35.0. The molecule has 0 spiro atoms. The molecule has 1 aromatic heterocycles. The van der Waals surface area contributed by atoms with Crippen LogP contribution in [0.3, 0.4) is 0 Å². The van der Waals surface area contributed by atoms with Gasteiger partial charge in [-0.1, -0.05) is 13.8 Å². The Balaban J connectivity index is 1.69. The van der Waals surface area contributed by atoms with E-state index in [4.69, 9.17) is 4.74 Å². The lowest BCUT2D eigenvalue weighted by Crippen LogP contribution is -2.66. The average Bonchev–Trinajstić information content (AvgIpc) is 2.92. The number of nitrogens with zero attached hydrogens (tertiary/aromatic N) is 1. The molecule has 2 fully saturated rings. The highest BCUT2D eigenvalue weighted by Gasteiger charge is 2.59. The number of ether oxygens (including phenoxy) is 1. The summed E-state index contributed by atoms with van der Waals surface area (Å²) in [7, 11) is 0. The Hall–Kier alpha value is -0.450. The van der Waals surface area contributed by atoms with Gasteiger partial charge < -0.3 is 10.1 Å². The second kappa shape index (κ2) is 4.29. The van der Waals surface area contributed by atoms with Crippen LogP contribution < -0.4 is 5.32 Å². The molecular weight excluding hydrogens is 244 g/mol. The minimum Gasteiger partial charge on any atom is -0.377 e. The van der Waals surface area contributed by atoms with Gasteiger partial charge in [0.15, 0.2) is 0 Å². The van der Waals surface area contributed by atoms with Crippen LogP contribution in [0.15, 0.2) is 6.20 Å². The minimum absolute atomic E-state index is 0.252. The van der Waals surface area contributed by atoms with Crippen molar-refractivity contribution in [1.82, 2.24) is 10.3 Å². The minimum atomic E-state index is 0.252. The summed E-state index contributed by atoms with van der Waals surface area (Å²) in [5.41, 5.74) is 0.252. The zero-order valence-electron chi connectivity index (χ0n) is 11.6. The van der Waals surface area contributed by atoms with Crippen molar-refractivity contribution in [3.8, 4) is 0 Å². The summed E-state index contributed by atoms with van der Waals surface area (Å²) in [5, 5.41) is 4.98. The van der Waals surface area contributed by atoms with Gasteiger partial charge in [0.2, 0.25) is 0 Å². The van der Waals surface area contributed by atoms with Crippen LogP contribution in [-0.4, -0.2) is 23.7 Å². The number of rotatable bonds is 3. The fraction of sp³-hybridized carbons (Fsp3) is 0.786. The smallest absolute Gasteiger partial charge is 0.109 e. The molecule has 1 aromatic rings. The highest BCUT2D eigenvalue weighted by Crippen LogP contribution is 2.52. The first-order chi connectivity index (χ1) is 8.50. The van der Waals surface area contributed by atoms with Gasteiger partial charge in [-0.2, -0.15) is 0 Å². The van der Waals surface area contributed by atoms with Gasteiger partial charge >= 0.3 is 0 Å². The molecule has 0 amide bonds. The lowest BCUT2D eigenvalue weighted by molar-refractivity contribution is -0.115. The number of hydrogen-bond donors (Lipinski definition) is 1. The van der Waals surface area contributed by atoms with E-state index in [9.17, 15) is 0 Å². The second-order valence-electron chi connectivity index (χ2n) is 6.24. The zero-order chi connectivity index (χ0) is 12.9. The van der Waals surface area contributed by atoms with Gasteiger partial charge in [-0.3, -0.25) is 0 Å². The first kappa shape index (κ1) is 12.6. The molecule has 3 rings (SSSR count). The van der Waals surface area contributed by atoms with E-state index in [1.165, 1.54) is 16.3 Å². The molecule has 0 aromatic carbocycles. The van der Waals surface area contributed by atoms with Crippen LogP contribution in [0.25, 0.3) is 0 Å². The van der Waals surface area contributed by atoms with Crippen molar-refractivity contribution in [1.29, 1.82) is 0 Å². The van der Waals surface area contributed by atoms with E-state index in [-0.39, 0.29) is 5.41 Å². The first-order valence-corrected chi connectivity index (χ1v) is 7.62. The van der Waals surface area contributed by atoms with E-state index in [1.807, 2.05) is 6.20 Å². The summed E-state index contributed by atoms with van der Waals surface area (Å²) < 4.78 is 5.84. The van der Waals surface area contributed by atoms with Crippen molar-refractivity contribution < 1.29 is 4.74 Å². The van der Waals surface area contributed by atoms with Gasteiger partial charge in [-0.25, -0.2) is 4.98 Å². The summed E-state index contributed by atoms with van der Waals surface area (Å²) in [4.78, 5) is 5.77. The Morgan fingerprint density at radius 3 is 3.00 bits per heavy atom. The Morgan fingerprint density at radius 2 is 2.33 bits per heavy atom. The highest BCUT2D eigenvalue weighted by atomic mass is 32.1. The molecule has 2 heterocycles. The lowest BCUT2D eigenvalue weighted by Gasteiger charge is -2.55. The largest absolute Gasteiger partial charge is 0.377 e. The van der Waals surface area contributed by atoms with Gasteiger partial charge in [0.05, 0.1) is 12.1 Å². The summed E-state index contributed by atoms with van der Waals surface area (Å²) in [6, 6.07) is 0.902. The monoisotopic (exact) mass is 266 g/mol. The molecular formula is C14H22N2OS. The molecule has 18 heavy (non-hydrogen) atoms. The summed E-state index contributed by atoms with van der Waals surface area (Å²) >= 11 is 1.79. The number of aromatic nitrogens is 1. The van der Waals surface area contributed by atoms with Crippen LogP contribution in [0.1, 0.15) is 43.1 Å². The number of nitrogens with one attached hydrogen (secondary N) is 1. The van der Waals surface area contributed by atoms with Crippen molar-refractivity contribution in [3.05, 3.63) is 16.1 Å². The highest BCUT2D eigenvalue weighted by molar-refractivity contribution is 7.11. The molecule has 1 N–H and O–H groups in total. The topological polar surface area (TPSA) is 34.2 Å². The van der Waals surface area contributed by atoms with Crippen molar-refractivity contribution in [2.45, 2.75) is 52.3 Å². The molecule has 1 aliphatic carbocycles. The molecule has 1 aliphatic heterocycles. The van der Waals surface area contributed by atoms with E-state index in [1.54, 1.807) is 11.3 Å². The average molecular weight is 266 g/mol. The number of aryl methyl sites for hydroxylation is 1. The predicted molar refractivity (Wildman–Crippen MR) is 73.8 cm³/mol. The van der Waals surface area contributed by atoms with Crippen LogP contribution in [0.5, 0.6) is 0 Å². The van der Waals surface area contributed by atoms with Crippen LogP contribution in [-0.2, 0) is 4.74 Å². The third-order valence-corrected chi connectivity index (χ3v) is 5.64. The maximum atomic E-state index is 5.84. The van der Waals surface area contributed by atoms with Gasteiger partial charge in [0.25, 0.3) is 0 Å². The Labute approximate surface area is 113 Å². The lowest BCUT2D eigenvalue weighted by atomic mass is 9.57. The fourth-order valence-corrected chi connectivity index (χ4v) is 4.36. The Bertz CT molecular complexity index is 443. The Morgan fingerprint density at radius 1 is 1.56 bits per heavy atom. The van der Waals surface area contributed by atoms with Crippen LogP contribution >= 0.6 is 11.3 Å². The van der Waals surface area contributed by atoms with E-state index < -0.39 is 0 Å². The molecule has 4 unspecified atom stereocenters. The molecule has 4 heteroatoms. The van der Waals surface area contributed by atoms with Crippen molar-refractivity contribution in [2.24, 2.45) is 11.3 Å². The van der Waals surface area contributed by atoms with E-state index in [0.717, 1.165) is 6.61 Å². The second-order valence-corrected chi connectivity index (χ2v) is 7.51. The molecule has 1 saturated carbocycles. The number of fused-ring (bicyclic) bond motifs is 1. The summed E-state index contributed by atoms with van der Waals surface area (Å²) in [6.45, 7) is 9.90. The molecule has 2 aliphatic rings. The third-order valence-electron chi connectivity index (χ3n) is 4.54. The van der Waals surface area contributed by atoms with Crippen LogP contribution in [0.2, 0.25) is 0 Å². The van der Waals surface area contributed by atoms with Crippen molar-refractivity contribution in [3.63, 3.8) is 0 Å². The molecule has 100 valence electrons. The maximum absolute atomic E-state index is 5.84. The Kier molecular flexibility index (Phi) is 3.00.